The van der Waals surface area contributed by atoms with Crippen LogP contribution in [-0.2, 0) is 9.53 Å². The average Bonchev–Trinajstić information content (AvgIpc) is 2.74. The second-order valence-corrected chi connectivity index (χ2v) is 5.91. The number of nitrogens with zero attached hydrogens (tertiary/aromatic N) is 1. The van der Waals surface area contributed by atoms with E-state index in [4.69, 9.17) is 14.2 Å². The van der Waals surface area contributed by atoms with Crippen LogP contribution < -0.4 is 14.9 Å². The second kappa shape index (κ2) is 10.7. The molecule has 1 N–H and O–H groups in total. The minimum Gasteiger partial charge on any atom is -0.497 e. The van der Waals surface area contributed by atoms with Gasteiger partial charge in [-0.25, -0.2) is 10.2 Å². The molecule has 7 nitrogen and oxygen atoms in total. The van der Waals surface area contributed by atoms with Gasteiger partial charge < -0.3 is 14.2 Å². The number of esters is 1. The number of hydrazone groups is 1. The molecule has 0 spiro atoms. The number of nitrogens with one attached hydrogen (secondary N) is 1. The first-order chi connectivity index (χ1) is 13.5. The van der Waals surface area contributed by atoms with Crippen LogP contribution in [0.3, 0.4) is 0 Å². The third-order valence-corrected chi connectivity index (χ3v) is 3.75. The first-order valence-corrected chi connectivity index (χ1v) is 8.91. The lowest BCUT2D eigenvalue weighted by molar-refractivity contribution is -0.123. The summed E-state index contributed by atoms with van der Waals surface area (Å²) in [4.78, 5) is 23.6. The molecule has 2 aromatic carbocycles. The van der Waals surface area contributed by atoms with Crippen LogP contribution >= 0.6 is 0 Å². The van der Waals surface area contributed by atoms with Gasteiger partial charge in [-0.3, -0.25) is 4.79 Å². The quantitative estimate of drug-likeness (QED) is 0.408. The molecular formula is C21H24N2O5. The van der Waals surface area contributed by atoms with E-state index in [1.807, 2.05) is 31.2 Å². The van der Waals surface area contributed by atoms with Crippen LogP contribution in [-0.4, -0.2) is 37.9 Å². The van der Waals surface area contributed by atoms with Crippen LogP contribution in [0.4, 0.5) is 0 Å². The van der Waals surface area contributed by atoms with Gasteiger partial charge >= 0.3 is 5.97 Å². The molecule has 148 valence electrons. The number of carbonyl (C=O) groups is 2. The second-order valence-electron chi connectivity index (χ2n) is 5.91. The number of benzene rings is 2. The Hall–Kier alpha value is -3.35. The molecule has 0 aliphatic carbocycles. The SMILES string of the molecule is CCCOC(=O)c1ccc(OCC(=O)NN=C(C)c2ccc(OC)cc2)cc1. The highest BCUT2D eigenvalue weighted by Crippen LogP contribution is 2.13. The van der Waals surface area contributed by atoms with Crippen molar-refractivity contribution in [3.8, 4) is 11.5 Å². The van der Waals surface area contributed by atoms with Crippen molar-refractivity contribution in [1.29, 1.82) is 0 Å². The third kappa shape index (κ3) is 6.42. The molecule has 0 aliphatic heterocycles. The van der Waals surface area contributed by atoms with Gasteiger partial charge in [-0.1, -0.05) is 6.92 Å². The van der Waals surface area contributed by atoms with Gasteiger partial charge in [0.1, 0.15) is 11.5 Å². The van der Waals surface area contributed by atoms with Crippen molar-refractivity contribution in [1.82, 2.24) is 5.43 Å². The van der Waals surface area contributed by atoms with E-state index in [0.29, 0.717) is 23.6 Å². The summed E-state index contributed by atoms with van der Waals surface area (Å²) in [7, 11) is 1.60. The van der Waals surface area contributed by atoms with Crippen molar-refractivity contribution >= 4 is 17.6 Å². The molecular weight excluding hydrogens is 360 g/mol. The standard InChI is InChI=1S/C21H24N2O5/c1-4-13-27-21(25)17-7-11-19(12-8-17)28-14-20(24)23-22-15(2)16-5-9-18(26-3)10-6-16/h5-12H,4,13-14H2,1-3H3,(H,23,24). The van der Waals surface area contributed by atoms with E-state index in [2.05, 4.69) is 10.5 Å². The molecule has 0 heterocycles. The highest BCUT2D eigenvalue weighted by atomic mass is 16.5. The van der Waals surface area contributed by atoms with E-state index in [1.165, 1.54) is 0 Å². The molecule has 2 aromatic rings. The number of hydrogen-bond acceptors (Lipinski definition) is 6. The van der Waals surface area contributed by atoms with Gasteiger partial charge in [0.2, 0.25) is 0 Å². The summed E-state index contributed by atoms with van der Waals surface area (Å²) in [5.74, 6) is 0.449. The first kappa shape index (κ1) is 21.0. The molecule has 0 atom stereocenters. The van der Waals surface area contributed by atoms with Crippen LogP contribution in [0.1, 0.15) is 36.2 Å². The highest BCUT2D eigenvalue weighted by molar-refractivity contribution is 5.99. The molecule has 2 rings (SSSR count). The maximum absolute atomic E-state index is 11.9. The van der Waals surface area contributed by atoms with Crippen LogP contribution in [0.25, 0.3) is 0 Å². The molecule has 28 heavy (non-hydrogen) atoms. The monoisotopic (exact) mass is 384 g/mol. The number of rotatable bonds is 9. The lowest BCUT2D eigenvalue weighted by Gasteiger charge is -2.07. The number of amides is 1. The number of ether oxygens (including phenoxy) is 3. The number of hydrogen-bond donors (Lipinski definition) is 1. The maximum atomic E-state index is 11.9. The lowest BCUT2D eigenvalue weighted by atomic mass is 10.1. The average molecular weight is 384 g/mol. The van der Waals surface area contributed by atoms with E-state index in [0.717, 1.165) is 17.7 Å². The molecule has 0 unspecified atom stereocenters. The summed E-state index contributed by atoms with van der Waals surface area (Å²) in [6.07, 6.45) is 0.766. The predicted molar refractivity (Wildman–Crippen MR) is 106 cm³/mol. The normalized spacial score (nSPS) is 10.9. The Balaban J connectivity index is 1.82. The zero-order valence-electron chi connectivity index (χ0n) is 16.2. The van der Waals surface area contributed by atoms with Crippen LogP contribution in [0.5, 0.6) is 11.5 Å². The Morgan fingerprint density at radius 1 is 0.964 bits per heavy atom. The van der Waals surface area contributed by atoms with Crippen LogP contribution in [0, 0.1) is 0 Å². The Bertz CT molecular complexity index is 814. The first-order valence-electron chi connectivity index (χ1n) is 8.91. The molecule has 0 fully saturated rings. The summed E-state index contributed by atoms with van der Waals surface area (Å²) < 4.78 is 15.6. The minimum atomic E-state index is -0.390. The van der Waals surface area contributed by atoms with Crippen molar-refractivity contribution in [2.45, 2.75) is 20.3 Å². The lowest BCUT2D eigenvalue weighted by Crippen LogP contribution is -2.25. The maximum Gasteiger partial charge on any atom is 0.338 e. The Labute approximate surface area is 164 Å². The summed E-state index contributed by atoms with van der Waals surface area (Å²) in [5.41, 5.74) is 4.41. The van der Waals surface area contributed by atoms with E-state index in [9.17, 15) is 9.59 Å². The van der Waals surface area contributed by atoms with Crippen LogP contribution in [0.15, 0.2) is 53.6 Å². The number of carbonyl (C=O) groups excluding carboxylic acids is 2. The molecule has 0 saturated carbocycles. The molecule has 0 radical (unpaired) electrons. The minimum absolute atomic E-state index is 0.195. The zero-order valence-corrected chi connectivity index (χ0v) is 16.2. The fraction of sp³-hybridized carbons (Fsp3) is 0.286. The molecule has 7 heteroatoms. The van der Waals surface area contributed by atoms with E-state index in [1.54, 1.807) is 38.3 Å². The summed E-state index contributed by atoms with van der Waals surface area (Å²) in [6.45, 7) is 3.91. The van der Waals surface area contributed by atoms with Gasteiger partial charge in [-0.2, -0.15) is 5.10 Å². The Morgan fingerprint density at radius 3 is 2.18 bits per heavy atom. The Kier molecular flexibility index (Phi) is 8.02. The van der Waals surface area contributed by atoms with Crippen molar-refractivity contribution in [3.63, 3.8) is 0 Å². The molecule has 0 saturated heterocycles. The van der Waals surface area contributed by atoms with Gasteiger partial charge in [0.05, 0.1) is 25.0 Å². The van der Waals surface area contributed by atoms with Crippen molar-refractivity contribution in [2.75, 3.05) is 20.3 Å². The summed E-state index contributed by atoms with van der Waals surface area (Å²) >= 11 is 0. The van der Waals surface area contributed by atoms with Gasteiger partial charge in [0.15, 0.2) is 6.61 Å². The van der Waals surface area contributed by atoms with Gasteiger partial charge in [-0.05, 0) is 67.4 Å². The van der Waals surface area contributed by atoms with Crippen molar-refractivity contribution in [3.05, 3.63) is 59.7 Å². The topological polar surface area (TPSA) is 86.2 Å². The van der Waals surface area contributed by atoms with E-state index >= 15 is 0 Å². The van der Waals surface area contributed by atoms with Crippen molar-refractivity contribution in [2.24, 2.45) is 5.10 Å². The van der Waals surface area contributed by atoms with Gasteiger partial charge in [0, 0.05) is 0 Å². The molecule has 0 aliphatic rings. The Morgan fingerprint density at radius 2 is 1.57 bits per heavy atom. The smallest absolute Gasteiger partial charge is 0.338 e. The molecule has 0 aromatic heterocycles. The fourth-order valence-electron chi connectivity index (χ4n) is 2.19. The summed E-state index contributed by atoms with van der Waals surface area (Å²) in [6, 6.07) is 13.8. The fourth-order valence-corrected chi connectivity index (χ4v) is 2.19. The summed E-state index contributed by atoms with van der Waals surface area (Å²) in [5, 5.41) is 4.06. The third-order valence-electron chi connectivity index (χ3n) is 3.75. The van der Waals surface area contributed by atoms with Crippen LogP contribution in [0.2, 0.25) is 0 Å². The van der Waals surface area contributed by atoms with E-state index < -0.39 is 0 Å². The van der Waals surface area contributed by atoms with E-state index in [-0.39, 0.29) is 18.5 Å². The predicted octanol–water partition coefficient (Wildman–Crippen LogP) is 3.18. The highest BCUT2D eigenvalue weighted by Gasteiger charge is 2.08. The zero-order chi connectivity index (χ0) is 20.4. The van der Waals surface area contributed by atoms with Gasteiger partial charge in [0.25, 0.3) is 5.91 Å². The molecule has 0 bridgehead atoms. The molecule has 1 amide bonds. The van der Waals surface area contributed by atoms with Gasteiger partial charge in [-0.15, -0.1) is 0 Å². The number of methoxy groups -OCH3 is 1. The largest absolute Gasteiger partial charge is 0.497 e. The van der Waals surface area contributed by atoms with Crippen molar-refractivity contribution < 1.29 is 23.8 Å².